The van der Waals surface area contributed by atoms with Crippen LogP contribution in [0.5, 0.6) is 0 Å². The molecule has 1 aliphatic rings. The summed E-state index contributed by atoms with van der Waals surface area (Å²) in [5.74, 6) is 2.36. The van der Waals surface area contributed by atoms with Crippen molar-refractivity contribution < 1.29 is 14.0 Å². The predicted molar refractivity (Wildman–Crippen MR) is 134 cm³/mol. The fourth-order valence-electron chi connectivity index (χ4n) is 3.78. The number of allylic oxidation sites excluding steroid dienone is 2. The number of carbonyl (C=O) groups excluding carboxylic acids is 2. The normalized spacial score (nSPS) is 14.1. The Morgan fingerprint density at radius 3 is 2.47 bits per heavy atom. The number of oxazole rings is 1. The number of anilines is 1. The van der Waals surface area contributed by atoms with Gasteiger partial charge in [0.15, 0.2) is 12.2 Å². The van der Waals surface area contributed by atoms with Crippen molar-refractivity contribution in [2.45, 2.75) is 32.4 Å². The van der Waals surface area contributed by atoms with Crippen LogP contribution in [0.2, 0.25) is 0 Å². The highest BCUT2D eigenvalue weighted by molar-refractivity contribution is 7.10. The Balaban J connectivity index is 1.80. The highest BCUT2D eigenvalue weighted by Crippen LogP contribution is 2.31. The Hall–Kier alpha value is -3.89. The minimum absolute atomic E-state index is 0.242. The van der Waals surface area contributed by atoms with Gasteiger partial charge in [-0.2, -0.15) is 0 Å². The van der Waals surface area contributed by atoms with Gasteiger partial charge in [-0.15, -0.1) is 17.8 Å². The van der Waals surface area contributed by atoms with Crippen LogP contribution in [0, 0.1) is 18.3 Å². The Bertz CT molecular complexity index is 1260. The molecule has 0 spiro atoms. The highest BCUT2D eigenvalue weighted by Gasteiger charge is 2.38. The van der Waals surface area contributed by atoms with Crippen LogP contribution in [0.1, 0.15) is 36.0 Å². The molecule has 2 amide bonds. The summed E-state index contributed by atoms with van der Waals surface area (Å²) in [6, 6.07) is 8.19. The topological polar surface area (TPSA) is 75.4 Å². The van der Waals surface area contributed by atoms with E-state index in [0.717, 1.165) is 5.56 Å². The van der Waals surface area contributed by atoms with Crippen molar-refractivity contribution in [1.82, 2.24) is 10.3 Å². The minimum Gasteiger partial charge on any atom is -0.444 e. The average Bonchev–Trinajstić information content (AvgIpc) is 3.58. The summed E-state index contributed by atoms with van der Waals surface area (Å²) in [6.07, 6.45) is 16.1. The molecule has 0 bridgehead atoms. The molecule has 1 aliphatic carbocycles. The summed E-state index contributed by atoms with van der Waals surface area (Å²) in [4.78, 5) is 33.6. The number of carbonyl (C=O) groups is 2. The second-order valence-corrected chi connectivity index (χ2v) is 9.87. The van der Waals surface area contributed by atoms with Crippen LogP contribution in [0.25, 0.3) is 11.3 Å². The van der Waals surface area contributed by atoms with Crippen LogP contribution in [0.4, 0.5) is 5.69 Å². The Labute approximate surface area is 203 Å². The van der Waals surface area contributed by atoms with E-state index < -0.39 is 11.6 Å². The lowest BCUT2D eigenvalue weighted by Gasteiger charge is -2.35. The molecule has 0 aliphatic heterocycles. The molecule has 2 heterocycles. The number of amides is 2. The SMILES string of the molecule is C#Cc1cc(C(=O)N(c2ccc(-c3cnco3)cc2)C(C(=O)NC(C)(C)C)C2C=CC=C2)cs1. The molecule has 0 fully saturated rings. The van der Waals surface area contributed by atoms with Crippen molar-refractivity contribution >= 4 is 28.8 Å². The van der Waals surface area contributed by atoms with Crippen LogP contribution < -0.4 is 10.2 Å². The van der Waals surface area contributed by atoms with Gasteiger partial charge in [0.25, 0.3) is 5.91 Å². The maximum absolute atomic E-state index is 13.9. The first-order valence-electron chi connectivity index (χ1n) is 10.8. The number of thiophene rings is 1. The lowest BCUT2D eigenvalue weighted by atomic mass is 9.95. The van der Waals surface area contributed by atoms with Crippen molar-refractivity contribution in [3.63, 3.8) is 0 Å². The quantitative estimate of drug-likeness (QED) is 0.510. The summed E-state index contributed by atoms with van der Waals surface area (Å²) in [6.45, 7) is 5.75. The molecule has 1 unspecified atom stereocenters. The second kappa shape index (κ2) is 9.54. The van der Waals surface area contributed by atoms with Crippen molar-refractivity contribution in [2.24, 2.45) is 5.92 Å². The Morgan fingerprint density at radius 1 is 1.21 bits per heavy atom. The van der Waals surface area contributed by atoms with E-state index in [0.29, 0.717) is 21.9 Å². The van der Waals surface area contributed by atoms with Gasteiger partial charge in [0, 0.05) is 28.1 Å². The van der Waals surface area contributed by atoms with E-state index in [9.17, 15) is 9.59 Å². The number of hydrogen-bond acceptors (Lipinski definition) is 5. The van der Waals surface area contributed by atoms with Gasteiger partial charge in [-0.05, 0) is 51.1 Å². The van der Waals surface area contributed by atoms with Gasteiger partial charge in [-0.3, -0.25) is 14.5 Å². The van der Waals surface area contributed by atoms with E-state index in [1.165, 1.54) is 17.7 Å². The van der Waals surface area contributed by atoms with E-state index in [2.05, 4.69) is 16.2 Å². The van der Waals surface area contributed by atoms with Crippen molar-refractivity contribution in [3.05, 3.63) is 83.0 Å². The summed E-state index contributed by atoms with van der Waals surface area (Å²) < 4.78 is 5.38. The van der Waals surface area contributed by atoms with Gasteiger partial charge < -0.3 is 9.73 Å². The Morgan fingerprint density at radius 2 is 1.91 bits per heavy atom. The summed E-state index contributed by atoms with van der Waals surface area (Å²) in [5.41, 5.74) is 1.38. The van der Waals surface area contributed by atoms with Gasteiger partial charge in [0.2, 0.25) is 5.91 Å². The molecule has 34 heavy (non-hydrogen) atoms. The lowest BCUT2D eigenvalue weighted by Crippen LogP contribution is -2.56. The minimum atomic E-state index is -0.799. The van der Waals surface area contributed by atoms with Gasteiger partial charge in [-0.25, -0.2) is 4.98 Å². The maximum atomic E-state index is 13.9. The molecule has 3 aromatic rings. The summed E-state index contributed by atoms with van der Waals surface area (Å²) >= 11 is 1.32. The molecule has 172 valence electrons. The molecular formula is C27H25N3O3S. The first kappa shape index (κ1) is 23.3. The third-order valence-electron chi connectivity index (χ3n) is 5.26. The molecule has 6 nitrogen and oxygen atoms in total. The van der Waals surface area contributed by atoms with E-state index >= 15 is 0 Å². The average molecular weight is 472 g/mol. The molecule has 2 aromatic heterocycles. The van der Waals surface area contributed by atoms with Crippen LogP contribution in [-0.4, -0.2) is 28.4 Å². The van der Waals surface area contributed by atoms with Gasteiger partial charge in [-0.1, -0.05) is 30.2 Å². The lowest BCUT2D eigenvalue weighted by molar-refractivity contribution is -0.124. The van der Waals surface area contributed by atoms with Gasteiger partial charge >= 0.3 is 0 Å². The molecule has 1 atom stereocenters. The molecular weight excluding hydrogens is 446 g/mol. The van der Waals surface area contributed by atoms with E-state index in [1.54, 1.807) is 22.5 Å². The molecule has 1 aromatic carbocycles. The zero-order valence-electron chi connectivity index (χ0n) is 19.2. The standard InChI is InChI=1S/C27H25N3O3S/c1-5-22-14-20(16-34-22)26(32)30(21-12-10-18(11-13-21)23-15-28-17-33-23)24(19-8-6-7-9-19)25(31)29-27(2,3)4/h1,6-17,19,24H,2-4H3,(H,29,31). The van der Waals surface area contributed by atoms with E-state index in [4.69, 9.17) is 10.8 Å². The first-order chi connectivity index (χ1) is 16.3. The second-order valence-electron chi connectivity index (χ2n) is 8.96. The Kier molecular flexibility index (Phi) is 6.53. The number of nitrogens with zero attached hydrogens (tertiary/aromatic N) is 2. The largest absolute Gasteiger partial charge is 0.444 e. The molecule has 0 saturated carbocycles. The molecule has 1 N–H and O–H groups in total. The number of hydrogen-bond donors (Lipinski definition) is 1. The van der Waals surface area contributed by atoms with E-state index in [1.807, 2.05) is 69.3 Å². The fraction of sp³-hybridized carbons (Fsp3) is 0.222. The predicted octanol–water partition coefficient (Wildman–Crippen LogP) is 5.06. The van der Waals surface area contributed by atoms with Gasteiger partial charge in [0.1, 0.15) is 6.04 Å². The monoisotopic (exact) mass is 471 g/mol. The molecule has 0 radical (unpaired) electrons. The number of benzene rings is 1. The number of terminal acetylenes is 1. The van der Waals surface area contributed by atoms with Crippen molar-refractivity contribution in [3.8, 4) is 23.7 Å². The summed E-state index contributed by atoms with van der Waals surface area (Å²) in [7, 11) is 0. The third kappa shape index (κ3) is 5.03. The first-order valence-corrected chi connectivity index (χ1v) is 11.7. The zero-order valence-corrected chi connectivity index (χ0v) is 20.0. The number of aromatic nitrogens is 1. The smallest absolute Gasteiger partial charge is 0.259 e. The highest BCUT2D eigenvalue weighted by atomic mass is 32.1. The van der Waals surface area contributed by atoms with Crippen LogP contribution in [-0.2, 0) is 4.79 Å². The van der Waals surface area contributed by atoms with Crippen LogP contribution >= 0.6 is 11.3 Å². The van der Waals surface area contributed by atoms with Crippen molar-refractivity contribution in [1.29, 1.82) is 0 Å². The number of rotatable bonds is 6. The third-order valence-corrected chi connectivity index (χ3v) is 6.12. The van der Waals surface area contributed by atoms with Crippen molar-refractivity contribution in [2.75, 3.05) is 4.90 Å². The molecule has 0 saturated heterocycles. The van der Waals surface area contributed by atoms with Gasteiger partial charge in [0.05, 0.1) is 16.6 Å². The van der Waals surface area contributed by atoms with E-state index in [-0.39, 0.29) is 17.7 Å². The van der Waals surface area contributed by atoms with Crippen LogP contribution in [0.3, 0.4) is 0 Å². The molecule has 4 rings (SSSR count). The fourth-order valence-corrected chi connectivity index (χ4v) is 4.47. The van der Waals surface area contributed by atoms with Crippen LogP contribution in [0.15, 0.2) is 77.0 Å². The maximum Gasteiger partial charge on any atom is 0.259 e. The molecule has 7 heteroatoms. The number of nitrogens with one attached hydrogen (secondary N) is 1. The zero-order chi connectivity index (χ0) is 24.3. The summed E-state index contributed by atoms with van der Waals surface area (Å²) in [5, 5.41) is 4.78.